The van der Waals surface area contributed by atoms with E-state index in [2.05, 4.69) is 0 Å². The van der Waals surface area contributed by atoms with Crippen molar-refractivity contribution in [2.24, 2.45) is 5.73 Å². The average molecular weight is 263 g/mol. The van der Waals surface area contributed by atoms with Gasteiger partial charge in [0.15, 0.2) is 0 Å². The first-order chi connectivity index (χ1) is 9.06. The van der Waals surface area contributed by atoms with Crippen molar-refractivity contribution in [2.75, 3.05) is 0 Å². The summed E-state index contributed by atoms with van der Waals surface area (Å²) in [6, 6.07) is 10.7. The van der Waals surface area contributed by atoms with Crippen molar-refractivity contribution >= 4 is 0 Å². The Bertz CT molecular complexity index is 553. The highest BCUT2D eigenvalue weighted by Gasteiger charge is 2.05. The van der Waals surface area contributed by atoms with Gasteiger partial charge in [0, 0.05) is 17.7 Å². The number of hydrogen-bond acceptors (Lipinski definition) is 2. The first kappa shape index (κ1) is 13.5. The Kier molecular flexibility index (Phi) is 4.12. The second-order valence-electron chi connectivity index (χ2n) is 4.38. The molecule has 1 atom stereocenters. The Labute approximate surface area is 110 Å². The van der Waals surface area contributed by atoms with Crippen LogP contribution in [0.2, 0.25) is 0 Å². The standard InChI is InChI=1S/C15H15F2NO/c1-10(18)11-3-6-14(7-4-11)19-9-12-2-5-13(16)8-15(12)17/h2-8,10H,9,18H2,1H3. The van der Waals surface area contributed by atoms with Crippen LogP contribution in [-0.2, 0) is 6.61 Å². The van der Waals surface area contributed by atoms with Crippen LogP contribution < -0.4 is 10.5 Å². The summed E-state index contributed by atoms with van der Waals surface area (Å²) in [5.74, 6) is -0.581. The fourth-order valence-corrected chi connectivity index (χ4v) is 1.67. The van der Waals surface area contributed by atoms with Gasteiger partial charge in [-0.15, -0.1) is 0 Å². The molecule has 2 nitrogen and oxygen atoms in total. The Morgan fingerprint density at radius 2 is 1.79 bits per heavy atom. The molecule has 4 heteroatoms. The van der Waals surface area contributed by atoms with Crippen LogP contribution in [0.5, 0.6) is 5.75 Å². The van der Waals surface area contributed by atoms with Crippen molar-refractivity contribution < 1.29 is 13.5 Å². The van der Waals surface area contributed by atoms with Crippen LogP contribution in [0.4, 0.5) is 8.78 Å². The predicted octanol–water partition coefficient (Wildman–Crippen LogP) is 3.56. The van der Waals surface area contributed by atoms with Crippen molar-refractivity contribution in [3.8, 4) is 5.75 Å². The van der Waals surface area contributed by atoms with Crippen molar-refractivity contribution in [1.82, 2.24) is 0 Å². The molecule has 2 N–H and O–H groups in total. The molecule has 0 spiro atoms. The monoisotopic (exact) mass is 263 g/mol. The lowest BCUT2D eigenvalue weighted by Gasteiger charge is -2.09. The second kappa shape index (κ2) is 5.80. The summed E-state index contributed by atoms with van der Waals surface area (Å²) in [5, 5.41) is 0. The van der Waals surface area contributed by atoms with Crippen LogP contribution in [0.15, 0.2) is 42.5 Å². The maximum atomic E-state index is 13.4. The van der Waals surface area contributed by atoms with E-state index in [1.54, 1.807) is 12.1 Å². The van der Waals surface area contributed by atoms with Gasteiger partial charge in [0.05, 0.1) is 0 Å². The minimum absolute atomic E-state index is 0.0383. The summed E-state index contributed by atoms with van der Waals surface area (Å²) in [7, 11) is 0. The minimum Gasteiger partial charge on any atom is -0.489 e. The number of hydrogen-bond donors (Lipinski definition) is 1. The van der Waals surface area contributed by atoms with E-state index in [-0.39, 0.29) is 12.6 Å². The number of benzene rings is 2. The molecule has 0 aliphatic carbocycles. The van der Waals surface area contributed by atoms with Crippen LogP contribution >= 0.6 is 0 Å². The average Bonchev–Trinajstić information content (AvgIpc) is 2.38. The van der Waals surface area contributed by atoms with Gasteiger partial charge in [-0.05, 0) is 36.8 Å². The SMILES string of the molecule is CC(N)c1ccc(OCc2ccc(F)cc2F)cc1. The topological polar surface area (TPSA) is 35.2 Å². The van der Waals surface area contributed by atoms with Crippen LogP contribution in [0.3, 0.4) is 0 Å². The van der Waals surface area contributed by atoms with Gasteiger partial charge in [-0.25, -0.2) is 8.78 Å². The summed E-state index contributed by atoms with van der Waals surface area (Å²) in [6.07, 6.45) is 0. The molecular formula is C15H15F2NO. The number of halogens is 2. The number of nitrogens with two attached hydrogens (primary N) is 1. The predicted molar refractivity (Wildman–Crippen MR) is 69.7 cm³/mol. The van der Waals surface area contributed by atoms with Crippen LogP contribution in [0.25, 0.3) is 0 Å². The smallest absolute Gasteiger partial charge is 0.132 e. The van der Waals surface area contributed by atoms with Crippen molar-refractivity contribution in [3.05, 3.63) is 65.2 Å². The van der Waals surface area contributed by atoms with E-state index in [1.807, 2.05) is 19.1 Å². The molecule has 0 bridgehead atoms. The van der Waals surface area contributed by atoms with Gasteiger partial charge in [0.1, 0.15) is 24.0 Å². The molecule has 0 saturated heterocycles. The van der Waals surface area contributed by atoms with Gasteiger partial charge in [-0.3, -0.25) is 0 Å². The lowest BCUT2D eigenvalue weighted by atomic mass is 10.1. The molecule has 0 aliphatic heterocycles. The van der Waals surface area contributed by atoms with Crippen LogP contribution in [0, 0.1) is 11.6 Å². The maximum absolute atomic E-state index is 13.4. The van der Waals surface area contributed by atoms with E-state index in [0.717, 1.165) is 11.6 Å². The molecule has 0 saturated carbocycles. The van der Waals surface area contributed by atoms with Gasteiger partial charge in [-0.2, -0.15) is 0 Å². The number of rotatable bonds is 4. The van der Waals surface area contributed by atoms with E-state index in [9.17, 15) is 8.78 Å². The van der Waals surface area contributed by atoms with Crippen molar-refractivity contribution in [3.63, 3.8) is 0 Å². The van der Waals surface area contributed by atoms with E-state index >= 15 is 0 Å². The molecule has 0 aliphatic rings. The van der Waals surface area contributed by atoms with Crippen molar-refractivity contribution in [2.45, 2.75) is 19.6 Å². The molecule has 1 unspecified atom stereocenters. The zero-order valence-electron chi connectivity index (χ0n) is 10.6. The summed E-state index contributed by atoms with van der Waals surface area (Å²) in [6.45, 7) is 1.95. The fraction of sp³-hybridized carbons (Fsp3) is 0.200. The first-order valence-electron chi connectivity index (χ1n) is 5.98. The molecule has 19 heavy (non-hydrogen) atoms. The normalized spacial score (nSPS) is 12.2. The molecule has 0 heterocycles. The van der Waals surface area contributed by atoms with Gasteiger partial charge in [-0.1, -0.05) is 12.1 Å². The third kappa shape index (κ3) is 3.51. The maximum Gasteiger partial charge on any atom is 0.132 e. The zero-order valence-corrected chi connectivity index (χ0v) is 10.6. The Hall–Kier alpha value is -1.94. The second-order valence-corrected chi connectivity index (χ2v) is 4.38. The molecule has 0 aromatic heterocycles. The highest BCUT2D eigenvalue weighted by Crippen LogP contribution is 2.18. The molecule has 0 amide bonds. The summed E-state index contributed by atoms with van der Waals surface area (Å²) >= 11 is 0. The van der Waals surface area contributed by atoms with Crippen LogP contribution in [0.1, 0.15) is 24.1 Å². The Morgan fingerprint density at radius 3 is 2.37 bits per heavy atom. The quantitative estimate of drug-likeness (QED) is 0.915. The summed E-state index contributed by atoms with van der Waals surface area (Å²) in [4.78, 5) is 0. The molecule has 0 radical (unpaired) electrons. The largest absolute Gasteiger partial charge is 0.489 e. The Balaban J connectivity index is 2.02. The van der Waals surface area contributed by atoms with E-state index in [4.69, 9.17) is 10.5 Å². The summed E-state index contributed by atoms with van der Waals surface area (Å²) < 4.78 is 31.6. The lowest BCUT2D eigenvalue weighted by molar-refractivity contribution is 0.299. The van der Waals surface area contributed by atoms with Gasteiger partial charge < -0.3 is 10.5 Å². The number of ether oxygens (including phenoxy) is 1. The molecule has 2 aromatic carbocycles. The highest BCUT2D eigenvalue weighted by molar-refractivity contribution is 5.29. The third-order valence-electron chi connectivity index (χ3n) is 2.82. The van der Waals surface area contributed by atoms with Crippen molar-refractivity contribution in [1.29, 1.82) is 0 Å². The Morgan fingerprint density at radius 1 is 1.11 bits per heavy atom. The molecular weight excluding hydrogens is 248 g/mol. The summed E-state index contributed by atoms with van der Waals surface area (Å²) in [5.41, 5.74) is 7.05. The van der Waals surface area contributed by atoms with E-state index in [0.29, 0.717) is 11.3 Å². The molecule has 2 rings (SSSR count). The third-order valence-corrected chi connectivity index (χ3v) is 2.82. The van der Waals surface area contributed by atoms with Gasteiger partial charge >= 0.3 is 0 Å². The first-order valence-corrected chi connectivity index (χ1v) is 5.98. The van der Waals surface area contributed by atoms with Gasteiger partial charge in [0.2, 0.25) is 0 Å². The molecule has 2 aromatic rings. The minimum atomic E-state index is -0.604. The zero-order chi connectivity index (χ0) is 13.8. The van der Waals surface area contributed by atoms with Crippen LogP contribution in [-0.4, -0.2) is 0 Å². The fourth-order valence-electron chi connectivity index (χ4n) is 1.67. The molecule has 100 valence electrons. The van der Waals surface area contributed by atoms with E-state index < -0.39 is 11.6 Å². The molecule has 0 fully saturated rings. The highest BCUT2D eigenvalue weighted by atomic mass is 19.1. The lowest BCUT2D eigenvalue weighted by Crippen LogP contribution is -2.04. The van der Waals surface area contributed by atoms with E-state index in [1.165, 1.54) is 12.1 Å². The van der Waals surface area contributed by atoms with Gasteiger partial charge in [0.25, 0.3) is 0 Å².